The predicted octanol–water partition coefficient (Wildman–Crippen LogP) is 1.86. The molecule has 0 bridgehead atoms. The molecule has 9 nitrogen and oxygen atoms in total. The van der Waals surface area contributed by atoms with Crippen molar-refractivity contribution in [3.05, 3.63) is 12.7 Å². The lowest BCUT2D eigenvalue weighted by molar-refractivity contribution is -0.190. The van der Waals surface area contributed by atoms with Crippen molar-refractivity contribution in [1.29, 1.82) is 0 Å². The number of ether oxygens (including phenoxy) is 4. The highest BCUT2D eigenvalue weighted by atomic mass is 16.8. The molecular formula is C20H25N5O4. The molecule has 2 aliphatic heterocycles. The molecule has 4 heterocycles. The van der Waals surface area contributed by atoms with Gasteiger partial charge in [0.2, 0.25) is 0 Å². The second-order valence-corrected chi connectivity index (χ2v) is 8.24. The van der Waals surface area contributed by atoms with Gasteiger partial charge in [0.25, 0.3) is 0 Å². The van der Waals surface area contributed by atoms with Crippen LogP contribution in [0.25, 0.3) is 11.2 Å². The Balaban J connectivity index is 1.44. The normalized spacial score (nSPS) is 35.7. The van der Waals surface area contributed by atoms with E-state index in [1.165, 1.54) is 6.33 Å². The van der Waals surface area contributed by atoms with Gasteiger partial charge in [-0.2, -0.15) is 0 Å². The van der Waals surface area contributed by atoms with Gasteiger partial charge in [0.1, 0.15) is 24.6 Å². The molecule has 0 aromatic carbocycles. The first-order valence-electron chi connectivity index (χ1n) is 9.93. The van der Waals surface area contributed by atoms with E-state index >= 15 is 0 Å². The van der Waals surface area contributed by atoms with E-state index in [0.717, 1.165) is 19.3 Å². The molecule has 1 saturated carbocycles. The zero-order valence-electron chi connectivity index (χ0n) is 16.7. The molecule has 1 N–H and O–H groups in total. The van der Waals surface area contributed by atoms with E-state index in [1.807, 2.05) is 18.4 Å². The number of nitrogens with zero attached hydrogens (tertiary/aromatic N) is 4. The minimum absolute atomic E-state index is 0.287. The van der Waals surface area contributed by atoms with Crippen LogP contribution in [0.15, 0.2) is 12.7 Å². The fourth-order valence-electron chi connectivity index (χ4n) is 4.56. The zero-order valence-corrected chi connectivity index (χ0v) is 16.7. The van der Waals surface area contributed by atoms with Crippen molar-refractivity contribution in [2.45, 2.75) is 75.6 Å². The SMILES string of the molecule is C#C[C@H]1O[C@@H](n2cnc3c(NC4CCC(OC)C4)ncnc32)[C@@H]2OC(C)(C)O[C@@H]21. The Bertz CT molecular complexity index is 954. The second-order valence-electron chi connectivity index (χ2n) is 8.24. The Kier molecular flexibility index (Phi) is 4.47. The highest BCUT2D eigenvalue weighted by Gasteiger charge is 2.55. The Hall–Kier alpha value is -2.25. The van der Waals surface area contributed by atoms with Gasteiger partial charge in [-0.05, 0) is 33.1 Å². The van der Waals surface area contributed by atoms with Crippen LogP contribution >= 0.6 is 0 Å². The maximum absolute atomic E-state index is 6.09. The summed E-state index contributed by atoms with van der Waals surface area (Å²) in [5, 5.41) is 3.50. The molecule has 154 valence electrons. The smallest absolute Gasteiger partial charge is 0.167 e. The Morgan fingerprint density at radius 1 is 1.24 bits per heavy atom. The number of hydrogen-bond acceptors (Lipinski definition) is 8. The number of fused-ring (bicyclic) bond motifs is 2. The fourth-order valence-corrected chi connectivity index (χ4v) is 4.56. The number of rotatable bonds is 4. The number of anilines is 1. The van der Waals surface area contributed by atoms with E-state index in [0.29, 0.717) is 23.0 Å². The van der Waals surface area contributed by atoms with Crippen LogP contribution in [-0.2, 0) is 18.9 Å². The number of nitrogens with one attached hydrogen (secondary N) is 1. The van der Waals surface area contributed by atoms with Crippen molar-refractivity contribution >= 4 is 17.0 Å². The minimum atomic E-state index is -0.717. The molecule has 2 aromatic heterocycles. The monoisotopic (exact) mass is 399 g/mol. The predicted molar refractivity (Wildman–Crippen MR) is 104 cm³/mol. The topological polar surface area (TPSA) is 92.6 Å². The first kappa shape index (κ1) is 18.8. The molecular weight excluding hydrogens is 374 g/mol. The largest absolute Gasteiger partial charge is 0.381 e. The molecule has 6 atom stereocenters. The average molecular weight is 399 g/mol. The molecule has 2 saturated heterocycles. The number of methoxy groups -OCH3 is 1. The standard InChI is InChI=1S/C20H25N5O4/c1-5-13-15-16(29-20(2,3)28-15)19(27-13)25-10-23-14-17(21-9-22-18(14)25)24-11-6-7-12(8-11)26-4/h1,9-13,15-16,19H,6-8H2,2-4H3,(H,21,22,24)/t11?,12?,13-,15-,16-,19-/m1/s1. The first-order chi connectivity index (χ1) is 14.0. The van der Waals surface area contributed by atoms with Crippen LogP contribution in [0.4, 0.5) is 5.82 Å². The third-order valence-electron chi connectivity index (χ3n) is 5.88. The maximum atomic E-state index is 6.09. The summed E-state index contributed by atoms with van der Waals surface area (Å²) in [4.78, 5) is 13.4. The molecule has 3 aliphatic rings. The van der Waals surface area contributed by atoms with Crippen molar-refractivity contribution in [2.24, 2.45) is 0 Å². The third-order valence-corrected chi connectivity index (χ3v) is 5.88. The lowest BCUT2D eigenvalue weighted by Gasteiger charge is -2.23. The van der Waals surface area contributed by atoms with Crippen LogP contribution < -0.4 is 5.32 Å². The second kappa shape index (κ2) is 6.92. The molecule has 0 amide bonds. The van der Waals surface area contributed by atoms with Crippen molar-refractivity contribution in [1.82, 2.24) is 19.5 Å². The Labute approximate surface area is 169 Å². The molecule has 2 unspecified atom stereocenters. The molecule has 0 radical (unpaired) electrons. The lowest BCUT2D eigenvalue weighted by Crippen LogP contribution is -2.28. The quantitative estimate of drug-likeness (QED) is 0.779. The summed E-state index contributed by atoms with van der Waals surface area (Å²) in [5.74, 6) is 2.66. The average Bonchev–Trinajstić information content (AvgIpc) is 3.44. The van der Waals surface area contributed by atoms with Gasteiger partial charge in [0.15, 0.2) is 29.0 Å². The van der Waals surface area contributed by atoms with Crippen molar-refractivity contribution in [2.75, 3.05) is 12.4 Å². The minimum Gasteiger partial charge on any atom is -0.381 e. The number of imidazole rings is 1. The van der Waals surface area contributed by atoms with Crippen LogP contribution in [-0.4, -0.2) is 62.9 Å². The van der Waals surface area contributed by atoms with E-state index in [9.17, 15) is 0 Å². The maximum Gasteiger partial charge on any atom is 0.167 e. The van der Waals surface area contributed by atoms with Crippen molar-refractivity contribution in [3.63, 3.8) is 0 Å². The fraction of sp³-hybridized carbons (Fsp3) is 0.650. The lowest BCUT2D eigenvalue weighted by atomic mass is 10.1. The number of aromatic nitrogens is 4. The molecule has 3 fully saturated rings. The summed E-state index contributed by atoms with van der Waals surface area (Å²) >= 11 is 0. The third kappa shape index (κ3) is 3.16. The Morgan fingerprint density at radius 3 is 2.83 bits per heavy atom. The zero-order chi connectivity index (χ0) is 20.2. The molecule has 1 aliphatic carbocycles. The summed E-state index contributed by atoms with van der Waals surface area (Å²) in [6.07, 6.45) is 10.6. The van der Waals surface area contributed by atoms with Crippen molar-refractivity contribution < 1.29 is 18.9 Å². The van der Waals surface area contributed by atoms with Gasteiger partial charge in [-0.1, -0.05) is 5.92 Å². The van der Waals surface area contributed by atoms with E-state index in [-0.39, 0.29) is 18.3 Å². The first-order valence-corrected chi connectivity index (χ1v) is 9.93. The van der Waals surface area contributed by atoms with Crippen molar-refractivity contribution in [3.8, 4) is 12.3 Å². The molecule has 5 rings (SSSR count). The summed E-state index contributed by atoms with van der Waals surface area (Å²) in [7, 11) is 1.76. The van der Waals surface area contributed by atoms with Crippen LogP contribution in [0.5, 0.6) is 0 Å². The van der Waals surface area contributed by atoms with Gasteiger partial charge in [0, 0.05) is 13.2 Å². The highest BCUT2D eigenvalue weighted by molar-refractivity contribution is 5.82. The number of hydrogen-bond donors (Lipinski definition) is 1. The van der Waals surface area contributed by atoms with Crippen LogP contribution in [0, 0.1) is 12.3 Å². The van der Waals surface area contributed by atoms with Gasteiger partial charge < -0.3 is 24.3 Å². The molecule has 0 spiro atoms. The molecule has 9 heteroatoms. The summed E-state index contributed by atoms with van der Waals surface area (Å²) in [5.41, 5.74) is 1.36. The van der Waals surface area contributed by atoms with Crippen LogP contribution in [0.1, 0.15) is 39.3 Å². The summed E-state index contributed by atoms with van der Waals surface area (Å²) in [6.45, 7) is 3.75. The van der Waals surface area contributed by atoms with E-state index < -0.39 is 18.1 Å². The van der Waals surface area contributed by atoms with Gasteiger partial charge in [-0.3, -0.25) is 4.57 Å². The highest BCUT2D eigenvalue weighted by Crippen LogP contribution is 2.43. The summed E-state index contributed by atoms with van der Waals surface area (Å²) in [6, 6.07) is 0.300. The van der Waals surface area contributed by atoms with Gasteiger partial charge in [-0.15, -0.1) is 6.42 Å². The van der Waals surface area contributed by atoms with Crippen LogP contribution in [0.3, 0.4) is 0 Å². The van der Waals surface area contributed by atoms with Crippen LogP contribution in [0.2, 0.25) is 0 Å². The number of terminal acetylenes is 1. The van der Waals surface area contributed by atoms with E-state index in [1.54, 1.807) is 13.4 Å². The van der Waals surface area contributed by atoms with Gasteiger partial charge in [-0.25, -0.2) is 15.0 Å². The van der Waals surface area contributed by atoms with Gasteiger partial charge >= 0.3 is 0 Å². The molecule has 2 aromatic rings. The van der Waals surface area contributed by atoms with E-state index in [4.69, 9.17) is 25.4 Å². The molecule has 29 heavy (non-hydrogen) atoms. The van der Waals surface area contributed by atoms with E-state index in [2.05, 4.69) is 26.2 Å². The Morgan fingerprint density at radius 2 is 2.07 bits per heavy atom. The van der Waals surface area contributed by atoms with Gasteiger partial charge in [0.05, 0.1) is 12.4 Å². The summed E-state index contributed by atoms with van der Waals surface area (Å²) < 4.78 is 25.4.